The lowest BCUT2D eigenvalue weighted by Crippen LogP contribution is -2.33. The first-order chi connectivity index (χ1) is 15.5. The number of anilines is 1. The van der Waals surface area contributed by atoms with Crippen molar-refractivity contribution in [1.82, 2.24) is 0 Å². The summed E-state index contributed by atoms with van der Waals surface area (Å²) in [5.74, 6) is -1.10. The molecule has 2 heterocycles. The molecule has 0 aliphatic carbocycles. The predicted molar refractivity (Wildman–Crippen MR) is 117 cm³/mol. The number of hydrogen-bond acceptors (Lipinski definition) is 5. The van der Waals surface area contributed by atoms with Gasteiger partial charge in [-0.15, -0.1) is 0 Å². The van der Waals surface area contributed by atoms with Gasteiger partial charge in [0.15, 0.2) is 0 Å². The molecule has 3 aromatic rings. The van der Waals surface area contributed by atoms with Gasteiger partial charge in [-0.3, -0.25) is 5.01 Å². The lowest BCUT2D eigenvalue weighted by Gasteiger charge is -2.31. The zero-order chi connectivity index (χ0) is 22.4. The minimum absolute atomic E-state index is 0.131. The van der Waals surface area contributed by atoms with Gasteiger partial charge in [-0.2, -0.15) is 10.4 Å². The molecule has 0 aromatic heterocycles. The van der Waals surface area contributed by atoms with Crippen LogP contribution >= 0.6 is 11.6 Å². The Morgan fingerprint density at radius 2 is 1.97 bits per heavy atom. The third-order valence-corrected chi connectivity index (χ3v) is 6.00. The number of carboxylic acid groups (broad SMARTS) is 1. The Balaban J connectivity index is 1.64. The standard InChI is InChI=1S/C24H15ClFN3O3/c25-20-10-17(7-3-15(20)11-27)29-23(13-1-5-16(26)6-2-13)19-12-32-21-9-14(24(30)31)4-8-18(21)22(19)28-29/h1-10,19,23H,12H2,(H,30,31). The van der Waals surface area contributed by atoms with E-state index in [0.717, 1.165) is 11.3 Å². The quantitative estimate of drug-likeness (QED) is 0.609. The van der Waals surface area contributed by atoms with Gasteiger partial charge in [-0.25, -0.2) is 9.18 Å². The van der Waals surface area contributed by atoms with Crippen LogP contribution in [0.4, 0.5) is 10.1 Å². The maximum atomic E-state index is 13.6. The van der Waals surface area contributed by atoms with E-state index >= 15 is 0 Å². The van der Waals surface area contributed by atoms with Crippen LogP contribution in [-0.4, -0.2) is 23.4 Å². The highest BCUT2D eigenvalue weighted by molar-refractivity contribution is 6.32. The van der Waals surface area contributed by atoms with Crippen molar-refractivity contribution in [3.63, 3.8) is 0 Å². The molecule has 0 bridgehead atoms. The molecule has 2 unspecified atom stereocenters. The van der Waals surface area contributed by atoms with Gasteiger partial charge < -0.3 is 9.84 Å². The number of hydrogen-bond donors (Lipinski definition) is 1. The van der Waals surface area contributed by atoms with Crippen molar-refractivity contribution in [1.29, 1.82) is 5.26 Å². The van der Waals surface area contributed by atoms with Crippen LogP contribution in [0, 0.1) is 23.1 Å². The fraction of sp³-hybridized carbons (Fsp3) is 0.125. The smallest absolute Gasteiger partial charge is 0.335 e. The average Bonchev–Trinajstić information content (AvgIpc) is 3.19. The van der Waals surface area contributed by atoms with Gasteiger partial charge in [0.2, 0.25) is 0 Å². The van der Waals surface area contributed by atoms with Crippen molar-refractivity contribution in [2.24, 2.45) is 11.0 Å². The number of nitrogens with zero attached hydrogens (tertiary/aromatic N) is 3. The van der Waals surface area contributed by atoms with Crippen LogP contribution < -0.4 is 9.75 Å². The van der Waals surface area contributed by atoms with Crippen LogP contribution in [0.2, 0.25) is 5.02 Å². The third kappa shape index (κ3) is 3.26. The Bertz CT molecular complexity index is 1320. The molecule has 6 nitrogen and oxygen atoms in total. The Hall–Kier alpha value is -3.89. The summed E-state index contributed by atoms with van der Waals surface area (Å²) in [6.45, 7) is 0.275. The minimum Gasteiger partial charge on any atom is -0.492 e. The van der Waals surface area contributed by atoms with E-state index in [-0.39, 0.29) is 29.9 Å². The average molecular weight is 448 g/mol. The molecular formula is C24H15ClFN3O3. The summed E-state index contributed by atoms with van der Waals surface area (Å²) in [6, 6.07) is 17.7. The first-order valence-corrected chi connectivity index (χ1v) is 10.2. The highest BCUT2D eigenvalue weighted by Crippen LogP contribution is 2.45. The second-order valence-corrected chi connectivity index (χ2v) is 7.94. The number of ether oxygens (including phenoxy) is 1. The molecule has 2 atom stereocenters. The van der Waals surface area contributed by atoms with E-state index < -0.39 is 5.97 Å². The van der Waals surface area contributed by atoms with Crippen molar-refractivity contribution in [2.75, 3.05) is 11.6 Å². The van der Waals surface area contributed by atoms with E-state index in [1.807, 2.05) is 6.07 Å². The maximum absolute atomic E-state index is 13.6. The SMILES string of the molecule is N#Cc1ccc(N2N=C3c4ccc(C(=O)O)cc4OCC3C2c2ccc(F)cc2)cc1Cl. The van der Waals surface area contributed by atoms with E-state index in [4.69, 9.17) is 21.4 Å². The number of benzene rings is 3. The molecule has 0 radical (unpaired) electrons. The topological polar surface area (TPSA) is 85.9 Å². The van der Waals surface area contributed by atoms with Crippen LogP contribution in [0.15, 0.2) is 65.8 Å². The number of carbonyl (C=O) groups is 1. The number of halogens is 2. The minimum atomic E-state index is -1.04. The number of carboxylic acids is 1. The largest absolute Gasteiger partial charge is 0.492 e. The molecule has 8 heteroatoms. The second kappa shape index (κ2) is 7.66. The van der Waals surface area contributed by atoms with Gasteiger partial charge in [-0.1, -0.05) is 23.7 Å². The molecule has 5 rings (SSSR count). The lowest BCUT2D eigenvalue weighted by molar-refractivity contribution is 0.0696. The van der Waals surface area contributed by atoms with Gasteiger partial charge in [0, 0.05) is 5.56 Å². The van der Waals surface area contributed by atoms with Crippen LogP contribution in [0.3, 0.4) is 0 Å². The summed E-state index contributed by atoms with van der Waals surface area (Å²) >= 11 is 6.28. The van der Waals surface area contributed by atoms with E-state index in [9.17, 15) is 19.6 Å². The molecule has 0 saturated heterocycles. The first-order valence-electron chi connectivity index (χ1n) is 9.79. The zero-order valence-electron chi connectivity index (χ0n) is 16.5. The normalized spacial score (nSPS) is 18.8. The lowest BCUT2D eigenvalue weighted by atomic mass is 9.85. The number of fused-ring (bicyclic) bond motifs is 3. The van der Waals surface area contributed by atoms with Gasteiger partial charge in [0.1, 0.15) is 17.6 Å². The van der Waals surface area contributed by atoms with Crippen molar-refractivity contribution in [2.45, 2.75) is 6.04 Å². The molecule has 0 spiro atoms. The molecule has 2 aliphatic heterocycles. The summed E-state index contributed by atoms with van der Waals surface area (Å²) in [4.78, 5) is 11.3. The van der Waals surface area contributed by atoms with Gasteiger partial charge in [0.05, 0.1) is 46.1 Å². The van der Waals surface area contributed by atoms with E-state index in [0.29, 0.717) is 27.6 Å². The van der Waals surface area contributed by atoms with E-state index in [2.05, 4.69) is 0 Å². The third-order valence-electron chi connectivity index (χ3n) is 5.68. The monoisotopic (exact) mass is 447 g/mol. The Morgan fingerprint density at radius 1 is 1.19 bits per heavy atom. The van der Waals surface area contributed by atoms with Crippen molar-refractivity contribution < 1.29 is 19.0 Å². The zero-order valence-corrected chi connectivity index (χ0v) is 17.3. The molecule has 0 amide bonds. The number of aromatic carboxylic acids is 1. The van der Waals surface area contributed by atoms with Gasteiger partial charge in [-0.05, 0) is 54.1 Å². The first kappa shape index (κ1) is 20.0. The van der Waals surface area contributed by atoms with E-state index in [1.54, 1.807) is 41.4 Å². The molecule has 0 saturated carbocycles. The summed E-state index contributed by atoms with van der Waals surface area (Å²) in [5, 5.41) is 25.4. The molecule has 2 aliphatic rings. The molecule has 0 fully saturated rings. The van der Waals surface area contributed by atoms with Gasteiger partial charge >= 0.3 is 5.97 Å². The van der Waals surface area contributed by atoms with Crippen LogP contribution in [0.5, 0.6) is 5.75 Å². The molecular weight excluding hydrogens is 433 g/mol. The fourth-order valence-corrected chi connectivity index (χ4v) is 4.37. The predicted octanol–water partition coefficient (Wildman–Crippen LogP) is 5.02. The van der Waals surface area contributed by atoms with Crippen LogP contribution in [0.1, 0.15) is 33.1 Å². The fourth-order valence-electron chi connectivity index (χ4n) is 4.15. The Morgan fingerprint density at radius 3 is 2.66 bits per heavy atom. The Labute approximate surface area is 187 Å². The molecule has 158 valence electrons. The summed E-state index contributed by atoms with van der Waals surface area (Å²) < 4.78 is 19.5. The molecule has 1 N–H and O–H groups in total. The van der Waals surface area contributed by atoms with Crippen molar-refractivity contribution in [3.8, 4) is 11.8 Å². The van der Waals surface area contributed by atoms with Crippen molar-refractivity contribution >= 4 is 29.0 Å². The second-order valence-electron chi connectivity index (χ2n) is 7.54. The van der Waals surface area contributed by atoms with E-state index in [1.165, 1.54) is 24.3 Å². The van der Waals surface area contributed by atoms with Gasteiger partial charge in [0.25, 0.3) is 0 Å². The van der Waals surface area contributed by atoms with Crippen molar-refractivity contribution in [3.05, 3.63) is 93.8 Å². The number of rotatable bonds is 3. The summed E-state index contributed by atoms with van der Waals surface area (Å²) in [7, 11) is 0. The molecule has 3 aromatic carbocycles. The summed E-state index contributed by atoms with van der Waals surface area (Å²) in [6.07, 6.45) is 0. The number of nitriles is 1. The maximum Gasteiger partial charge on any atom is 0.335 e. The highest BCUT2D eigenvalue weighted by Gasteiger charge is 2.43. The Kier molecular flexibility index (Phi) is 4.80. The summed E-state index contributed by atoms with van der Waals surface area (Å²) in [5.41, 5.74) is 3.46. The van der Waals surface area contributed by atoms with Crippen LogP contribution in [-0.2, 0) is 0 Å². The molecule has 32 heavy (non-hydrogen) atoms. The highest BCUT2D eigenvalue weighted by atomic mass is 35.5. The number of hydrazone groups is 1. The van der Waals surface area contributed by atoms with Crippen LogP contribution in [0.25, 0.3) is 0 Å².